The van der Waals surface area contributed by atoms with Gasteiger partial charge in [-0.05, 0) is 28.1 Å². The number of halogens is 5. The maximum absolute atomic E-state index is 13.3. The van der Waals surface area contributed by atoms with Crippen molar-refractivity contribution < 1.29 is 17.6 Å². The maximum Gasteiger partial charge on any atom is 0.420 e. The molecule has 0 aromatic heterocycles. The first-order chi connectivity index (χ1) is 9.76. The van der Waals surface area contributed by atoms with Crippen molar-refractivity contribution in [2.75, 3.05) is 5.32 Å². The van der Waals surface area contributed by atoms with Crippen LogP contribution in [0, 0.1) is 39.8 Å². The molecule has 0 atom stereocenters. The number of nitrogens with one attached hydrogen (secondary N) is 1. The molecule has 0 unspecified atom stereocenters. The van der Waals surface area contributed by atoms with Gasteiger partial charge in [-0.1, -0.05) is 0 Å². The summed E-state index contributed by atoms with van der Waals surface area (Å²) in [6, 6.07) is 5.82. The number of nitriles is 3. The monoisotopic (exact) mass is 358 g/mol. The van der Waals surface area contributed by atoms with Gasteiger partial charge in [0.05, 0.1) is 10.2 Å². The molecule has 106 valence electrons. The van der Waals surface area contributed by atoms with E-state index in [9.17, 15) is 17.6 Å². The minimum absolute atomic E-state index is 0.303. The van der Waals surface area contributed by atoms with Crippen LogP contribution in [-0.4, -0.2) is 0 Å². The van der Waals surface area contributed by atoms with E-state index < -0.39 is 33.3 Å². The molecule has 9 heteroatoms. The lowest BCUT2D eigenvalue weighted by molar-refractivity contribution is -0.140. The predicted molar refractivity (Wildman–Crippen MR) is 66.6 cm³/mol. The van der Waals surface area contributed by atoms with Gasteiger partial charge in [-0.25, -0.2) is 4.39 Å². The van der Waals surface area contributed by atoms with E-state index in [0.717, 1.165) is 6.07 Å². The quantitative estimate of drug-likeness (QED) is 0.642. The Balaban J connectivity index is 3.44. The van der Waals surface area contributed by atoms with E-state index in [1.165, 1.54) is 18.2 Å². The topological polar surface area (TPSA) is 83.4 Å². The zero-order valence-corrected chi connectivity index (χ0v) is 11.5. The maximum atomic E-state index is 13.3. The van der Waals surface area contributed by atoms with Crippen LogP contribution >= 0.6 is 15.9 Å². The molecule has 1 aromatic rings. The third-order valence-corrected chi connectivity index (χ3v) is 3.04. The van der Waals surface area contributed by atoms with Crippen LogP contribution in [0.1, 0.15) is 5.56 Å². The summed E-state index contributed by atoms with van der Waals surface area (Å²) >= 11 is 2.60. The van der Waals surface area contributed by atoms with Gasteiger partial charge in [0.25, 0.3) is 0 Å². The van der Waals surface area contributed by atoms with Crippen LogP contribution in [-0.2, 0) is 6.18 Å². The summed E-state index contributed by atoms with van der Waals surface area (Å²) in [5, 5.41) is 28.3. The van der Waals surface area contributed by atoms with Crippen molar-refractivity contribution in [3.05, 3.63) is 39.3 Å². The average Bonchev–Trinajstić information content (AvgIpc) is 2.39. The molecule has 21 heavy (non-hydrogen) atoms. The number of alkyl halides is 3. The second-order valence-corrected chi connectivity index (χ2v) is 4.29. The fourth-order valence-electron chi connectivity index (χ4n) is 1.33. The third kappa shape index (κ3) is 3.50. The molecular weight excluding hydrogens is 356 g/mol. The highest BCUT2D eigenvalue weighted by molar-refractivity contribution is 9.10. The number of hydrogen-bond donors (Lipinski definition) is 1. The number of hydrogen-bond acceptors (Lipinski definition) is 4. The van der Waals surface area contributed by atoms with Crippen molar-refractivity contribution in [3.63, 3.8) is 0 Å². The molecule has 1 N–H and O–H groups in total. The van der Waals surface area contributed by atoms with E-state index in [-0.39, 0.29) is 5.69 Å². The highest BCUT2D eigenvalue weighted by Gasteiger charge is 2.37. The van der Waals surface area contributed by atoms with Crippen LogP contribution in [0.15, 0.2) is 27.9 Å². The Morgan fingerprint density at radius 3 is 2.10 bits per heavy atom. The Kier molecular flexibility index (Phi) is 4.91. The molecule has 0 heterocycles. The van der Waals surface area contributed by atoms with Crippen molar-refractivity contribution in [1.29, 1.82) is 15.8 Å². The van der Waals surface area contributed by atoms with Crippen molar-refractivity contribution in [2.24, 2.45) is 0 Å². The molecule has 0 saturated heterocycles. The molecule has 0 fully saturated rings. The Morgan fingerprint density at radius 1 is 1.10 bits per heavy atom. The van der Waals surface area contributed by atoms with Crippen molar-refractivity contribution in [1.82, 2.24) is 0 Å². The largest absolute Gasteiger partial charge is 0.420 e. The lowest BCUT2D eigenvalue weighted by Gasteiger charge is -2.14. The Labute approximate surface area is 124 Å². The summed E-state index contributed by atoms with van der Waals surface area (Å²) in [6.07, 6.45) is -4.95. The molecule has 0 aliphatic carbocycles. The summed E-state index contributed by atoms with van der Waals surface area (Å²) in [5.41, 5.74) is -3.01. The van der Waals surface area contributed by atoms with E-state index >= 15 is 0 Å². The molecule has 4 nitrogen and oxygen atoms in total. The predicted octanol–water partition coefficient (Wildman–Crippen LogP) is 3.84. The number of rotatable bonds is 2. The summed E-state index contributed by atoms with van der Waals surface area (Å²) < 4.78 is 50.8. The van der Waals surface area contributed by atoms with Crippen molar-refractivity contribution >= 4 is 21.6 Å². The normalized spacial score (nSPS) is 10.0. The number of allylic oxidation sites excluding steroid dienone is 2. The zero-order chi connectivity index (χ0) is 16.2. The summed E-state index contributed by atoms with van der Waals surface area (Å²) in [5.74, 6) is -1.50. The number of anilines is 1. The van der Waals surface area contributed by atoms with Gasteiger partial charge in [-0.3, -0.25) is 0 Å². The highest BCUT2D eigenvalue weighted by Crippen LogP contribution is 2.40. The number of benzene rings is 1. The molecule has 0 amide bonds. The second-order valence-electron chi connectivity index (χ2n) is 3.49. The van der Waals surface area contributed by atoms with E-state index in [1.54, 1.807) is 0 Å². The van der Waals surface area contributed by atoms with Crippen LogP contribution in [0.5, 0.6) is 0 Å². The summed E-state index contributed by atoms with van der Waals surface area (Å²) in [4.78, 5) is 0. The van der Waals surface area contributed by atoms with Gasteiger partial charge in [-0.15, -0.1) is 0 Å². The van der Waals surface area contributed by atoms with E-state index in [0.29, 0.717) is 6.07 Å². The first-order valence-corrected chi connectivity index (χ1v) is 5.82. The standard InChI is InChI=1S/C12H3BrF4N4/c13-11-8(21-9(5-20)6(3-18)4-19)2-1-7(14)10(11)12(15,16)17/h1-2,21H. The van der Waals surface area contributed by atoms with Gasteiger partial charge < -0.3 is 5.32 Å². The molecule has 1 aromatic carbocycles. The molecule has 0 aliphatic rings. The van der Waals surface area contributed by atoms with Gasteiger partial charge in [0, 0.05) is 0 Å². The van der Waals surface area contributed by atoms with Gasteiger partial charge >= 0.3 is 6.18 Å². The Bertz CT molecular complexity index is 716. The fourth-order valence-corrected chi connectivity index (χ4v) is 1.97. The first-order valence-electron chi connectivity index (χ1n) is 5.03. The lowest BCUT2D eigenvalue weighted by atomic mass is 10.1. The third-order valence-electron chi connectivity index (χ3n) is 2.22. The Morgan fingerprint density at radius 2 is 1.67 bits per heavy atom. The van der Waals surface area contributed by atoms with Crippen molar-refractivity contribution in [3.8, 4) is 18.2 Å². The fraction of sp³-hybridized carbons (Fsp3) is 0.0833. The molecule has 0 aliphatic heterocycles. The zero-order valence-electron chi connectivity index (χ0n) is 9.89. The second kappa shape index (κ2) is 6.25. The van der Waals surface area contributed by atoms with E-state index in [2.05, 4.69) is 21.2 Å². The van der Waals surface area contributed by atoms with Crippen LogP contribution in [0.25, 0.3) is 0 Å². The van der Waals surface area contributed by atoms with Gasteiger partial charge in [0.15, 0.2) is 5.57 Å². The molecule has 0 bridgehead atoms. The number of nitrogens with zero attached hydrogens (tertiary/aromatic N) is 3. The average molecular weight is 359 g/mol. The van der Waals surface area contributed by atoms with Crippen LogP contribution in [0.4, 0.5) is 23.2 Å². The first kappa shape index (κ1) is 16.5. The molecule has 0 radical (unpaired) electrons. The molecule has 1 rings (SSSR count). The minimum atomic E-state index is -4.95. The smallest absolute Gasteiger partial charge is 0.344 e. The lowest BCUT2D eigenvalue weighted by Crippen LogP contribution is -2.11. The van der Waals surface area contributed by atoms with Gasteiger partial charge in [0.2, 0.25) is 0 Å². The highest BCUT2D eigenvalue weighted by atomic mass is 79.9. The van der Waals surface area contributed by atoms with E-state index in [1.807, 2.05) is 0 Å². The molecular formula is C12H3BrF4N4. The molecule has 0 spiro atoms. The van der Waals surface area contributed by atoms with Crippen LogP contribution in [0.2, 0.25) is 0 Å². The van der Waals surface area contributed by atoms with Gasteiger partial charge in [0.1, 0.15) is 35.3 Å². The van der Waals surface area contributed by atoms with E-state index in [4.69, 9.17) is 15.8 Å². The van der Waals surface area contributed by atoms with Crippen LogP contribution < -0.4 is 5.32 Å². The van der Waals surface area contributed by atoms with Gasteiger partial charge in [-0.2, -0.15) is 29.0 Å². The van der Waals surface area contributed by atoms with Crippen molar-refractivity contribution in [2.45, 2.75) is 6.18 Å². The summed E-state index contributed by atoms with van der Waals surface area (Å²) in [6.45, 7) is 0. The summed E-state index contributed by atoms with van der Waals surface area (Å²) in [7, 11) is 0. The Hall–Kier alpha value is -2.57. The minimum Gasteiger partial charge on any atom is -0.344 e. The van der Waals surface area contributed by atoms with Crippen LogP contribution in [0.3, 0.4) is 0 Å². The SMILES string of the molecule is N#CC(C#N)=C(C#N)Nc1ccc(F)c(C(F)(F)F)c1Br. The molecule has 0 saturated carbocycles.